The molecular weight excluding hydrogens is 406 g/mol. The third-order valence-corrected chi connectivity index (χ3v) is 5.75. The summed E-state index contributed by atoms with van der Waals surface area (Å²) >= 11 is 0. The Balaban J connectivity index is 1.59. The molecule has 8 nitrogen and oxygen atoms in total. The molecule has 2 aromatic carbocycles. The number of sulfonamides is 1. The van der Waals surface area contributed by atoms with Crippen molar-refractivity contribution in [3.8, 4) is 5.75 Å². The monoisotopic (exact) mass is 426 g/mol. The molecule has 11 heteroatoms. The first-order valence-corrected chi connectivity index (χ1v) is 10.3. The fourth-order valence-electron chi connectivity index (χ4n) is 2.73. The summed E-state index contributed by atoms with van der Waals surface area (Å²) in [5, 5.41) is 1.34. The van der Waals surface area contributed by atoms with Crippen LogP contribution in [-0.2, 0) is 14.8 Å². The van der Waals surface area contributed by atoms with Crippen LogP contribution in [0.3, 0.4) is 0 Å². The lowest BCUT2D eigenvalue weighted by Crippen LogP contribution is -2.42. The standard InChI is InChI=1S/C18H20F2N4O4S/c1-2-28-13-6-3-11(4-7-13)24-29(26,27)17-10-16(22-23-17)18(25)21-12-5-8-14(19)15(20)9-12/h3-9,16-17,22-24H,2,10H2,1H3,(H,21,25). The number of hydrogen-bond acceptors (Lipinski definition) is 6. The van der Waals surface area contributed by atoms with Crippen molar-refractivity contribution in [2.75, 3.05) is 16.6 Å². The number of carbonyl (C=O) groups excluding carboxylic acids is 1. The second-order valence-electron chi connectivity index (χ2n) is 6.29. The smallest absolute Gasteiger partial charge is 0.250 e. The molecule has 0 aliphatic carbocycles. The summed E-state index contributed by atoms with van der Waals surface area (Å²) in [5.74, 6) is -2.09. The maximum absolute atomic E-state index is 13.3. The molecule has 1 fully saturated rings. The molecule has 0 spiro atoms. The van der Waals surface area contributed by atoms with Crippen molar-refractivity contribution in [1.29, 1.82) is 0 Å². The molecular formula is C18H20F2N4O4S. The van der Waals surface area contributed by atoms with Crippen LogP contribution in [0.4, 0.5) is 20.2 Å². The van der Waals surface area contributed by atoms with Crippen LogP contribution in [0.5, 0.6) is 5.75 Å². The van der Waals surface area contributed by atoms with Gasteiger partial charge in [0, 0.05) is 23.9 Å². The second kappa shape index (κ2) is 8.72. The summed E-state index contributed by atoms with van der Waals surface area (Å²) in [4.78, 5) is 12.3. The first kappa shape index (κ1) is 21.0. The SMILES string of the molecule is CCOc1ccc(NS(=O)(=O)C2CC(C(=O)Nc3ccc(F)c(F)c3)NN2)cc1. The number of carbonyl (C=O) groups is 1. The van der Waals surface area contributed by atoms with Gasteiger partial charge in [-0.1, -0.05) is 0 Å². The molecule has 0 aromatic heterocycles. The molecule has 0 saturated carbocycles. The van der Waals surface area contributed by atoms with E-state index in [1.165, 1.54) is 6.07 Å². The maximum atomic E-state index is 13.3. The van der Waals surface area contributed by atoms with Crippen molar-refractivity contribution < 1.29 is 26.7 Å². The van der Waals surface area contributed by atoms with E-state index in [1.54, 1.807) is 24.3 Å². The van der Waals surface area contributed by atoms with Crippen LogP contribution in [0.1, 0.15) is 13.3 Å². The molecule has 3 rings (SSSR count). The average Bonchev–Trinajstić information content (AvgIpc) is 3.18. The molecule has 1 heterocycles. The van der Waals surface area contributed by atoms with Gasteiger partial charge in [0.25, 0.3) is 0 Å². The van der Waals surface area contributed by atoms with Crippen molar-refractivity contribution in [3.63, 3.8) is 0 Å². The number of hydrazine groups is 1. The summed E-state index contributed by atoms with van der Waals surface area (Å²) in [5.41, 5.74) is 5.58. The Bertz CT molecular complexity index is 986. The lowest BCUT2D eigenvalue weighted by Gasteiger charge is -2.14. The van der Waals surface area contributed by atoms with Gasteiger partial charge in [0.15, 0.2) is 11.6 Å². The van der Waals surface area contributed by atoms with E-state index in [1.807, 2.05) is 6.92 Å². The molecule has 1 saturated heterocycles. The molecule has 156 valence electrons. The third-order valence-electron chi connectivity index (χ3n) is 4.17. The van der Waals surface area contributed by atoms with Gasteiger partial charge in [-0.25, -0.2) is 28.1 Å². The maximum Gasteiger partial charge on any atom is 0.250 e. The van der Waals surface area contributed by atoms with E-state index in [4.69, 9.17) is 4.74 Å². The number of nitrogens with one attached hydrogen (secondary N) is 4. The van der Waals surface area contributed by atoms with Crippen LogP contribution in [0.25, 0.3) is 0 Å². The Hall–Kier alpha value is -2.76. The van der Waals surface area contributed by atoms with Crippen LogP contribution >= 0.6 is 0 Å². The van der Waals surface area contributed by atoms with E-state index in [0.29, 0.717) is 18.0 Å². The molecule has 1 amide bonds. The molecule has 0 radical (unpaired) electrons. The molecule has 0 bridgehead atoms. The highest BCUT2D eigenvalue weighted by Gasteiger charge is 2.37. The Kier molecular flexibility index (Phi) is 6.30. The van der Waals surface area contributed by atoms with Crippen molar-refractivity contribution >= 4 is 27.3 Å². The summed E-state index contributed by atoms with van der Waals surface area (Å²) in [6.07, 6.45) is -0.0676. The van der Waals surface area contributed by atoms with Gasteiger partial charge in [-0.05, 0) is 43.3 Å². The lowest BCUT2D eigenvalue weighted by molar-refractivity contribution is -0.117. The zero-order valence-corrected chi connectivity index (χ0v) is 16.2. The fourth-order valence-corrected chi connectivity index (χ4v) is 4.00. The number of rotatable bonds is 7. The second-order valence-corrected chi connectivity index (χ2v) is 8.15. The van der Waals surface area contributed by atoms with E-state index in [-0.39, 0.29) is 12.1 Å². The largest absolute Gasteiger partial charge is 0.494 e. The molecule has 29 heavy (non-hydrogen) atoms. The Morgan fingerprint density at radius 2 is 1.79 bits per heavy atom. The highest BCUT2D eigenvalue weighted by Crippen LogP contribution is 2.20. The lowest BCUT2D eigenvalue weighted by atomic mass is 10.2. The van der Waals surface area contributed by atoms with E-state index >= 15 is 0 Å². The van der Waals surface area contributed by atoms with Gasteiger partial charge in [0.05, 0.1) is 6.61 Å². The molecule has 1 aliphatic rings. The van der Waals surface area contributed by atoms with E-state index in [0.717, 1.165) is 12.1 Å². The van der Waals surface area contributed by atoms with Gasteiger partial charge in [0.1, 0.15) is 17.2 Å². The molecule has 2 atom stereocenters. The van der Waals surface area contributed by atoms with E-state index < -0.39 is 39.0 Å². The quantitative estimate of drug-likeness (QED) is 0.539. The minimum atomic E-state index is -3.84. The molecule has 2 aromatic rings. The molecule has 1 aliphatic heterocycles. The zero-order valence-electron chi connectivity index (χ0n) is 15.4. The van der Waals surface area contributed by atoms with Crippen molar-refractivity contribution in [2.24, 2.45) is 0 Å². The van der Waals surface area contributed by atoms with Crippen LogP contribution in [0.15, 0.2) is 42.5 Å². The van der Waals surface area contributed by atoms with Crippen molar-refractivity contribution in [3.05, 3.63) is 54.1 Å². The van der Waals surface area contributed by atoms with Crippen LogP contribution in [0.2, 0.25) is 0 Å². The zero-order chi connectivity index (χ0) is 21.0. The summed E-state index contributed by atoms with van der Waals surface area (Å²) in [6.45, 7) is 2.34. The average molecular weight is 426 g/mol. The summed E-state index contributed by atoms with van der Waals surface area (Å²) < 4.78 is 59.1. The minimum absolute atomic E-state index is 0.0644. The number of amides is 1. The van der Waals surface area contributed by atoms with Crippen LogP contribution in [-0.4, -0.2) is 32.3 Å². The fraction of sp³-hybridized carbons (Fsp3) is 0.278. The molecule has 4 N–H and O–H groups in total. The summed E-state index contributed by atoms with van der Waals surface area (Å²) in [6, 6.07) is 8.47. The number of halogens is 2. The van der Waals surface area contributed by atoms with Gasteiger partial charge in [0.2, 0.25) is 15.9 Å². The Morgan fingerprint density at radius 1 is 1.10 bits per heavy atom. The van der Waals surface area contributed by atoms with E-state index in [2.05, 4.69) is 20.9 Å². The minimum Gasteiger partial charge on any atom is -0.494 e. The number of ether oxygens (including phenoxy) is 1. The predicted octanol–water partition coefficient (Wildman–Crippen LogP) is 1.94. The topological polar surface area (TPSA) is 109 Å². The van der Waals surface area contributed by atoms with Crippen LogP contribution < -0.4 is 25.6 Å². The number of anilines is 2. The Labute approximate surface area is 166 Å². The van der Waals surface area contributed by atoms with Crippen molar-refractivity contribution in [2.45, 2.75) is 24.8 Å². The first-order valence-electron chi connectivity index (χ1n) is 8.80. The van der Waals surface area contributed by atoms with Crippen molar-refractivity contribution in [1.82, 2.24) is 10.9 Å². The number of benzene rings is 2. The van der Waals surface area contributed by atoms with Gasteiger partial charge in [-0.2, -0.15) is 0 Å². The van der Waals surface area contributed by atoms with E-state index in [9.17, 15) is 22.0 Å². The highest BCUT2D eigenvalue weighted by atomic mass is 32.2. The van der Waals surface area contributed by atoms with Crippen LogP contribution in [0, 0.1) is 11.6 Å². The third kappa shape index (κ3) is 5.19. The van der Waals surface area contributed by atoms with Gasteiger partial charge >= 0.3 is 0 Å². The Morgan fingerprint density at radius 3 is 2.45 bits per heavy atom. The number of hydrogen-bond donors (Lipinski definition) is 4. The van der Waals surface area contributed by atoms with Gasteiger partial charge in [-0.15, -0.1) is 0 Å². The predicted molar refractivity (Wildman–Crippen MR) is 104 cm³/mol. The molecule has 2 unspecified atom stereocenters. The summed E-state index contributed by atoms with van der Waals surface area (Å²) in [7, 11) is -3.84. The first-order chi connectivity index (χ1) is 13.8. The highest BCUT2D eigenvalue weighted by molar-refractivity contribution is 7.93. The van der Waals surface area contributed by atoms with Gasteiger partial charge < -0.3 is 10.1 Å². The normalized spacial score (nSPS) is 19.0. The van der Waals surface area contributed by atoms with Gasteiger partial charge in [-0.3, -0.25) is 9.52 Å².